The van der Waals surface area contributed by atoms with Crippen molar-refractivity contribution >= 4 is 5.91 Å². The molecule has 3 heteroatoms. The molecule has 1 amide bonds. The van der Waals surface area contributed by atoms with Gasteiger partial charge in [-0.3, -0.25) is 10.2 Å². The van der Waals surface area contributed by atoms with Gasteiger partial charge >= 0.3 is 0 Å². The standard InChI is InChI=1S/C11H14N2O/c1-2-9-10(12-13-11(9)14)8-6-4-3-5-7-8/h3-7,9-10,12H,2H2,1H3,(H,13,14)/t9-,10-/m1/s1. The van der Waals surface area contributed by atoms with Gasteiger partial charge in [-0.15, -0.1) is 0 Å². The minimum Gasteiger partial charge on any atom is -0.291 e. The summed E-state index contributed by atoms with van der Waals surface area (Å²) in [4.78, 5) is 11.4. The van der Waals surface area contributed by atoms with E-state index >= 15 is 0 Å². The largest absolute Gasteiger partial charge is 0.291 e. The molecule has 0 aliphatic carbocycles. The Morgan fingerprint density at radius 2 is 2.00 bits per heavy atom. The molecule has 0 aromatic heterocycles. The molecule has 3 nitrogen and oxygen atoms in total. The van der Waals surface area contributed by atoms with Crippen molar-refractivity contribution in [3.63, 3.8) is 0 Å². The second-order valence-corrected chi connectivity index (χ2v) is 3.54. The molecule has 0 bridgehead atoms. The topological polar surface area (TPSA) is 41.1 Å². The third kappa shape index (κ3) is 1.51. The molecule has 1 heterocycles. The lowest BCUT2D eigenvalue weighted by Crippen LogP contribution is -2.27. The molecule has 1 aliphatic heterocycles. The molecule has 1 fully saturated rings. The van der Waals surface area contributed by atoms with Crippen molar-refractivity contribution < 1.29 is 4.79 Å². The van der Waals surface area contributed by atoms with Gasteiger partial charge in [-0.25, -0.2) is 5.43 Å². The molecule has 74 valence electrons. The normalized spacial score (nSPS) is 26.2. The summed E-state index contributed by atoms with van der Waals surface area (Å²) in [5.41, 5.74) is 6.87. The number of carbonyl (C=O) groups is 1. The Labute approximate surface area is 83.5 Å². The molecule has 14 heavy (non-hydrogen) atoms. The van der Waals surface area contributed by atoms with E-state index in [1.165, 1.54) is 0 Å². The van der Waals surface area contributed by atoms with Crippen LogP contribution >= 0.6 is 0 Å². The molecule has 0 saturated carbocycles. The number of hydrogen-bond donors (Lipinski definition) is 2. The summed E-state index contributed by atoms with van der Waals surface area (Å²) >= 11 is 0. The van der Waals surface area contributed by atoms with Gasteiger partial charge < -0.3 is 0 Å². The minimum atomic E-state index is 0.0531. The van der Waals surface area contributed by atoms with E-state index in [0.29, 0.717) is 0 Å². The third-order valence-corrected chi connectivity index (χ3v) is 2.69. The van der Waals surface area contributed by atoms with Crippen LogP contribution in [-0.4, -0.2) is 5.91 Å². The molecule has 2 rings (SSSR count). The maximum absolute atomic E-state index is 11.4. The third-order valence-electron chi connectivity index (χ3n) is 2.69. The highest BCUT2D eigenvalue weighted by atomic mass is 16.2. The van der Waals surface area contributed by atoms with Crippen LogP contribution in [0.25, 0.3) is 0 Å². The zero-order valence-electron chi connectivity index (χ0n) is 8.16. The van der Waals surface area contributed by atoms with Gasteiger partial charge in [-0.05, 0) is 12.0 Å². The predicted octanol–water partition coefficient (Wildman–Crippen LogP) is 1.39. The number of hydrogen-bond acceptors (Lipinski definition) is 2. The van der Waals surface area contributed by atoms with Crippen molar-refractivity contribution in [2.24, 2.45) is 5.92 Å². The molecule has 1 saturated heterocycles. The molecule has 1 aromatic rings. The van der Waals surface area contributed by atoms with Crippen LogP contribution in [0.15, 0.2) is 30.3 Å². The fourth-order valence-corrected chi connectivity index (χ4v) is 1.89. The predicted molar refractivity (Wildman–Crippen MR) is 54.2 cm³/mol. The molecule has 2 atom stereocenters. The molecule has 0 unspecified atom stereocenters. The quantitative estimate of drug-likeness (QED) is 0.740. The Bertz CT molecular complexity index is 323. The van der Waals surface area contributed by atoms with Crippen LogP contribution in [-0.2, 0) is 4.79 Å². The van der Waals surface area contributed by atoms with Gasteiger partial charge in [0.1, 0.15) is 0 Å². The fraction of sp³-hybridized carbons (Fsp3) is 0.364. The molecule has 2 N–H and O–H groups in total. The Morgan fingerprint density at radius 3 is 2.64 bits per heavy atom. The van der Waals surface area contributed by atoms with Crippen molar-refractivity contribution in [1.29, 1.82) is 0 Å². The number of nitrogens with one attached hydrogen (secondary N) is 2. The van der Waals surface area contributed by atoms with Crippen LogP contribution in [0, 0.1) is 5.92 Å². The van der Waals surface area contributed by atoms with Gasteiger partial charge in [0.05, 0.1) is 12.0 Å². The van der Waals surface area contributed by atoms with Crippen LogP contribution in [0.4, 0.5) is 0 Å². The van der Waals surface area contributed by atoms with Crippen LogP contribution < -0.4 is 10.9 Å². The molecule has 0 radical (unpaired) electrons. The van der Waals surface area contributed by atoms with Crippen LogP contribution in [0.1, 0.15) is 24.9 Å². The summed E-state index contributed by atoms with van der Waals surface area (Å²) in [5.74, 6) is 0.152. The average molecular weight is 190 g/mol. The van der Waals surface area contributed by atoms with E-state index in [1.54, 1.807) is 0 Å². The van der Waals surface area contributed by atoms with Crippen molar-refractivity contribution in [1.82, 2.24) is 10.9 Å². The number of amides is 1. The summed E-state index contributed by atoms with van der Waals surface area (Å²) in [6.45, 7) is 2.03. The highest BCUT2D eigenvalue weighted by Crippen LogP contribution is 2.27. The first-order chi connectivity index (χ1) is 6.83. The summed E-state index contributed by atoms with van der Waals surface area (Å²) in [7, 11) is 0. The Kier molecular flexibility index (Phi) is 2.50. The summed E-state index contributed by atoms with van der Waals surface area (Å²) in [6.07, 6.45) is 0.860. The van der Waals surface area contributed by atoms with Crippen LogP contribution in [0.2, 0.25) is 0 Å². The first kappa shape index (κ1) is 9.21. The zero-order chi connectivity index (χ0) is 9.97. The lowest BCUT2D eigenvalue weighted by atomic mass is 9.92. The molecular formula is C11H14N2O. The molecule has 1 aromatic carbocycles. The monoisotopic (exact) mass is 190 g/mol. The molecule has 0 spiro atoms. The summed E-state index contributed by atoms with van der Waals surface area (Å²) in [5, 5.41) is 0. The van der Waals surface area contributed by atoms with Crippen molar-refractivity contribution in [2.75, 3.05) is 0 Å². The van der Waals surface area contributed by atoms with Gasteiger partial charge in [0.2, 0.25) is 5.91 Å². The van der Waals surface area contributed by atoms with E-state index in [-0.39, 0.29) is 17.9 Å². The van der Waals surface area contributed by atoms with E-state index in [0.717, 1.165) is 12.0 Å². The van der Waals surface area contributed by atoms with Crippen LogP contribution in [0.5, 0.6) is 0 Å². The first-order valence-electron chi connectivity index (χ1n) is 4.93. The van der Waals surface area contributed by atoms with Crippen molar-refractivity contribution in [2.45, 2.75) is 19.4 Å². The Morgan fingerprint density at radius 1 is 1.29 bits per heavy atom. The second-order valence-electron chi connectivity index (χ2n) is 3.54. The van der Waals surface area contributed by atoms with Crippen LogP contribution in [0.3, 0.4) is 0 Å². The second kappa shape index (κ2) is 3.80. The van der Waals surface area contributed by atoms with Gasteiger partial charge in [0, 0.05) is 0 Å². The van der Waals surface area contributed by atoms with Gasteiger partial charge in [-0.2, -0.15) is 0 Å². The maximum atomic E-state index is 11.4. The van der Waals surface area contributed by atoms with Gasteiger partial charge in [-0.1, -0.05) is 37.3 Å². The number of benzene rings is 1. The lowest BCUT2D eigenvalue weighted by Gasteiger charge is -2.14. The van der Waals surface area contributed by atoms with E-state index in [9.17, 15) is 4.79 Å². The Hall–Kier alpha value is -1.35. The fourth-order valence-electron chi connectivity index (χ4n) is 1.89. The first-order valence-corrected chi connectivity index (χ1v) is 4.93. The van der Waals surface area contributed by atoms with E-state index in [4.69, 9.17) is 0 Å². The van der Waals surface area contributed by atoms with E-state index < -0.39 is 0 Å². The summed E-state index contributed by atoms with van der Waals surface area (Å²) in [6, 6.07) is 10.2. The zero-order valence-corrected chi connectivity index (χ0v) is 8.16. The number of carbonyl (C=O) groups excluding carboxylic acids is 1. The molecule has 1 aliphatic rings. The highest BCUT2D eigenvalue weighted by molar-refractivity contribution is 5.81. The number of rotatable bonds is 2. The van der Waals surface area contributed by atoms with Gasteiger partial charge in [0.25, 0.3) is 0 Å². The van der Waals surface area contributed by atoms with Crippen molar-refractivity contribution in [3.8, 4) is 0 Å². The number of hydrazine groups is 1. The smallest absolute Gasteiger partial charge is 0.239 e. The summed E-state index contributed by atoms with van der Waals surface area (Å²) < 4.78 is 0. The average Bonchev–Trinajstić information content (AvgIpc) is 2.61. The maximum Gasteiger partial charge on any atom is 0.239 e. The Balaban J connectivity index is 2.23. The minimum absolute atomic E-state index is 0.0531. The van der Waals surface area contributed by atoms with E-state index in [2.05, 4.69) is 10.9 Å². The van der Waals surface area contributed by atoms with E-state index in [1.807, 2.05) is 37.3 Å². The van der Waals surface area contributed by atoms with Crippen molar-refractivity contribution in [3.05, 3.63) is 35.9 Å². The lowest BCUT2D eigenvalue weighted by molar-refractivity contribution is -0.122. The molecular weight excluding hydrogens is 176 g/mol. The highest BCUT2D eigenvalue weighted by Gasteiger charge is 2.33. The SMILES string of the molecule is CC[C@H]1C(=O)NN[C@@H]1c1ccccc1. The van der Waals surface area contributed by atoms with Gasteiger partial charge in [0.15, 0.2) is 0 Å².